The Morgan fingerprint density at radius 2 is 2.12 bits per heavy atom. The molecule has 0 saturated carbocycles. The van der Waals surface area contributed by atoms with E-state index in [1.54, 1.807) is 22.7 Å². The SMILES string of the molecule is NC1Nc2ccc(-c3cccc(/C=C4\SC(=S)N(CCCCCC(=O)O)C4=O)n3)cc2S1. The van der Waals surface area contributed by atoms with E-state index in [-0.39, 0.29) is 17.8 Å². The van der Waals surface area contributed by atoms with Gasteiger partial charge in [-0.1, -0.05) is 54.3 Å². The first-order valence-electron chi connectivity index (χ1n) is 10.2. The van der Waals surface area contributed by atoms with Gasteiger partial charge < -0.3 is 16.2 Å². The van der Waals surface area contributed by atoms with Gasteiger partial charge in [-0.25, -0.2) is 4.98 Å². The Bertz CT molecular complexity index is 1110. The highest BCUT2D eigenvalue weighted by molar-refractivity contribution is 8.26. The number of benzene rings is 1. The Morgan fingerprint density at radius 1 is 1.28 bits per heavy atom. The van der Waals surface area contributed by atoms with Gasteiger partial charge in [0.1, 0.15) is 9.82 Å². The van der Waals surface area contributed by atoms with Crippen LogP contribution in [0.2, 0.25) is 0 Å². The number of aromatic nitrogens is 1. The summed E-state index contributed by atoms with van der Waals surface area (Å²) in [4.78, 5) is 31.4. The molecule has 4 rings (SSSR count). The van der Waals surface area contributed by atoms with Gasteiger partial charge in [0.25, 0.3) is 5.91 Å². The molecule has 1 fully saturated rings. The fourth-order valence-corrected chi connectivity index (χ4v) is 5.66. The van der Waals surface area contributed by atoms with Gasteiger partial charge in [0.05, 0.1) is 16.3 Å². The average molecular weight is 487 g/mol. The standard InChI is InChI=1S/C22H22N4O3S3/c23-21-25-16-9-8-13(11-17(16)31-21)15-6-4-5-14(24-15)12-18-20(29)26(22(30)32-18)10-3-1-2-7-19(27)28/h4-6,8-9,11-12,21,25H,1-3,7,10,23H2,(H,27,28)/b18-12-. The Kier molecular flexibility index (Phi) is 7.14. The van der Waals surface area contributed by atoms with E-state index in [1.165, 1.54) is 11.8 Å². The second-order valence-electron chi connectivity index (χ2n) is 7.38. The van der Waals surface area contributed by atoms with Crippen LogP contribution in [0.5, 0.6) is 0 Å². The number of thioether (sulfide) groups is 2. The number of nitrogens with one attached hydrogen (secondary N) is 1. The van der Waals surface area contributed by atoms with Gasteiger partial charge in [0.2, 0.25) is 0 Å². The molecule has 0 spiro atoms. The highest BCUT2D eigenvalue weighted by Crippen LogP contribution is 2.39. The number of rotatable bonds is 8. The van der Waals surface area contributed by atoms with Crippen LogP contribution in [-0.4, -0.2) is 43.2 Å². The van der Waals surface area contributed by atoms with Crippen LogP contribution in [0.1, 0.15) is 31.4 Å². The van der Waals surface area contributed by atoms with Gasteiger partial charge in [-0.15, -0.1) is 0 Å². The first-order chi connectivity index (χ1) is 15.4. The summed E-state index contributed by atoms with van der Waals surface area (Å²) < 4.78 is 0.523. The van der Waals surface area contributed by atoms with E-state index in [9.17, 15) is 9.59 Å². The van der Waals surface area contributed by atoms with E-state index >= 15 is 0 Å². The smallest absolute Gasteiger partial charge is 0.303 e. The Labute approximate surface area is 199 Å². The normalized spacial score (nSPS) is 18.8. The number of hydrogen-bond acceptors (Lipinski definition) is 8. The number of amides is 1. The van der Waals surface area contributed by atoms with Crippen molar-refractivity contribution in [2.45, 2.75) is 36.1 Å². The van der Waals surface area contributed by atoms with Gasteiger partial charge in [0, 0.05) is 29.1 Å². The second-order valence-corrected chi connectivity index (χ2v) is 10.2. The van der Waals surface area contributed by atoms with Crippen molar-refractivity contribution in [1.82, 2.24) is 9.88 Å². The molecule has 3 heterocycles. The lowest BCUT2D eigenvalue weighted by atomic mass is 10.1. The summed E-state index contributed by atoms with van der Waals surface area (Å²) in [5, 5.41) is 11.9. The maximum Gasteiger partial charge on any atom is 0.303 e. The molecule has 10 heteroatoms. The van der Waals surface area contributed by atoms with Crippen molar-refractivity contribution < 1.29 is 14.7 Å². The van der Waals surface area contributed by atoms with Crippen molar-refractivity contribution in [3.05, 3.63) is 47.0 Å². The van der Waals surface area contributed by atoms with Gasteiger partial charge in [0.15, 0.2) is 0 Å². The van der Waals surface area contributed by atoms with Crippen molar-refractivity contribution in [1.29, 1.82) is 0 Å². The quantitative estimate of drug-likeness (QED) is 0.285. The van der Waals surface area contributed by atoms with E-state index in [1.807, 2.05) is 30.3 Å². The van der Waals surface area contributed by atoms with Gasteiger partial charge in [-0.2, -0.15) is 0 Å². The number of anilines is 1. The number of fused-ring (bicyclic) bond motifs is 1. The molecule has 0 bridgehead atoms. The predicted octanol–water partition coefficient (Wildman–Crippen LogP) is 4.35. The van der Waals surface area contributed by atoms with Crippen molar-refractivity contribution in [2.24, 2.45) is 5.73 Å². The molecule has 4 N–H and O–H groups in total. The minimum Gasteiger partial charge on any atom is -0.481 e. The van der Waals surface area contributed by atoms with Crippen LogP contribution in [0, 0.1) is 0 Å². The van der Waals surface area contributed by atoms with Crippen molar-refractivity contribution >= 4 is 63.7 Å². The lowest BCUT2D eigenvalue weighted by Crippen LogP contribution is -2.29. The third kappa shape index (κ3) is 5.32. The molecule has 1 amide bonds. The van der Waals surface area contributed by atoms with E-state index in [0.29, 0.717) is 27.9 Å². The zero-order chi connectivity index (χ0) is 22.7. The molecule has 1 saturated heterocycles. The minimum atomic E-state index is -0.799. The summed E-state index contributed by atoms with van der Waals surface area (Å²) in [5.41, 5.74) is 9.31. The fraction of sp³-hybridized carbons (Fsp3) is 0.273. The summed E-state index contributed by atoms with van der Waals surface area (Å²) in [5.74, 6) is -0.924. The predicted molar refractivity (Wildman–Crippen MR) is 133 cm³/mol. The number of carbonyl (C=O) groups is 2. The summed E-state index contributed by atoms with van der Waals surface area (Å²) in [6.45, 7) is 0.498. The van der Waals surface area contributed by atoms with E-state index in [4.69, 9.17) is 28.0 Å². The highest BCUT2D eigenvalue weighted by atomic mass is 32.2. The van der Waals surface area contributed by atoms with Crippen molar-refractivity contribution in [2.75, 3.05) is 11.9 Å². The number of pyridine rings is 1. The Morgan fingerprint density at radius 3 is 2.94 bits per heavy atom. The zero-order valence-electron chi connectivity index (χ0n) is 17.1. The topological polar surface area (TPSA) is 109 Å². The number of unbranched alkanes of at least 4 members (excludes halogenated alkanes) is 2. The van der Waals surface area contributed by atoms with Gasteiger partial charge in [-0.3, -0.25) is 14.5 Å². The second kappa shape index (κ2) is 10.0. The molecule has 0 aliphatic carbocycles. The number of thiocarbonyl (C=S) groups is 1. The molecule has 1 aromatic heterocycles. The number of aliphatic carboxylic acids is 1. The number of carboxylic acid groups (broad SMARTS) is 1. The molecule has 1 unspecified atom stereocenters. The van der Waals surface area contributed by atoms with Gasteiger partial charge in [-0.05, 0) is 43.2 Å². The first kappa shape index (κ1) is 22.8. The molecule has 0 radical (unpaired) electrons. The van der Waals surface area contributed by atoms with Crippen LogP contribution in [0.25, 0.3) is 17.3 Å². The number of carboxylic acids is 1. The zero-order valence-corrected chi connectivity index (χ0v) is 19.6. The maximum absolute atomic E-state index is 12.8. The molecule has 166 valence electrons. The molecule has 32 heavy (non-hydrogen) atoms. The Balaban J connectivity index is 1.44. The average Bonchev–Trinajstić information content (AvgIpc) is 3.26. The number of hydrogen-bond donors (Lipinski definition) is 3. The fourth-order valence-electron chi connectivity index (χ4n) is 3.46. The molecular weight excluding hydrogens is 464 g/mol. The van der Waals surface area contributed by atoms with Crippen LogP contribution < -0.4 is 11.1 Å². The number of nitrogens with zero attached hydrogens (tertiary/aromatic N) is 2. The molecule has 1 atom stereocenters. The molecular formula is C22H22N4O3S3. The lowest BCUT2D eigenvalue weighted by Gasteiger charge is -2.13. The summed E-state index contributed by atoms with van der Waals surface area (Å²) in [6.07, 6.45) is 3.97. The van der Waals surface area contributed by atoms with Crippen LogP contribution in [0.3, 0.4) is 0 Å². The third-order valence-electron chi connectivity index (χ3n) is 5.02. The first-order valence-corrected chi connectivity index (χ1v) is 12.3. The monoisotopic (exact) mass is 486 g/mol. The number of carbonyl (C=O) groups excluding carboxylic acids is 1. The lowest BCUT2D eigenvalue weighted by molar-refractivity contribution is -0.137. The molecule has 2 aromatic rings. The highest BCUT2D eigenvalue weighted by Gasteiger charge is 2.31. The largest absolute Gasteiger partial charge is 0.481 e. The summed E-state index contributed by atoms with van der Waals surface area (Å²) in [6, 6.07) is 11.8. The van der Waals surface area contributed by atoms with Crippen molar-refractivity contribution in [3.63, 3.8) is 0 Å². The molecule has 2 aliphatic rings. The van der Waals surface area contributed by atoms with Crippen LogP contribution >= 0.6 is 35.7 Å². The summed E-state index contributed by atoms with van der Waals surface area (Å²) >= 11 is 8.23. The number of nitrogens with two attached hydrogens (primary N) is 1. The summed E-state index contributed by atoms with van der Waals surface area (Å²) in [7, 11) is 0. The van der Waals surface area contributed by atoms with E-state index in [0.717, 1.165) is 34.7 Å². The van der Waals surface area contributed by atoms with Crippen LogP contribution in [-0.2, 0) is 9.59 Å². The van der Waals surface area contributed by atoms with E-state index in [2.05, 4.69) is 11.4 Å². The van der Waals surface area contributed by atoms with Crippen LogP contribution in [0.4, 0.5) is 5.69 Å². The molecule has 2 aliphatic heterocycles. The molecule has 7 nitrogen and oxygen atoms in total. The maximum atomic E-state index is 12.8. The third-order valence-corrected chi connectivity index (χ3v) is 7.37. The molecule has 1 aromatic carbocycles. The van der Waals surface area contributed by atoms with Crippen molar-refractivity contribution in [3.8, 4) is 11.3 Å². The van der Waals surface area contributed by atoms with E-state index < -0.39 is 5.97 Å². The van der Waals surface area contributed by atoms with Crippen LogP contribution in [0.15, 0.2) is 46.2 Å². The minimum absolute atomic E-state index is 0.126. The van der Waals surface area contributed by atoms with Gasteiger partial charge >= 0.3 is 5.97 Å². The Hall–Kier alpha value is -2.40.